The zero-order valence-electron chi connectivity index (χ0n) is 11.5. The average Bonchev–Trinajstić information content (AvgIpc) is 2.44. The summed E-state index contributed by atoms with van der Waals surface area (Å²) in [5.74, 6) is -0.558. The number of ether oxygens (including phenoxy) is 1. The number of carbonyl (C=O) groups is 2. The van der Waals surface area contributed by atoms with Gasteiger partial charge in [-0.05, 0) is 30.7 Å². The number of carboxylic acids is 1. The summed E-state index contributed by atoms with van der Waals surface area (Å²) < 4.78 is 5.32. The number of aliphatic carboxylic acids is 1. The highest BCUT2D eigenvalue weighted by Crippen LogP contribution is 2.12. The molecular weight excluding hydrogens is 258 g/mol. The average molecular weight is 277 g/mol. The van der Waals surface area contributed by atoms with Crippen molar-refractivity contribution in [2.45, 2.75) is 25.8 Å². The minimum absolute atomic E-state index is 0.0806. The van der Waals surface area contributed by atoms with E-state index >= 15 is 0 Å². The smallest absolute Gasteiger partial charge is 0.305 e. The third kappa shape index (κ3) is 5.14. The molecule has 0 saturated heterocycles. The van der Waals surface area contributed by atoms with E-state index in [1.165, 1.54) is 0 Å². The van der Waals surface area contributed by atoms with Crippen LogP contribution in [0.25, 0.3) is 0 Å². The molecule has 0 heterocycles. The minimum Gasteiger partial charge on any atom is -0.490 e. The van der Waals surface area contributed by atoms with Crippen molar-refractivity contribution in [2.24, 2.45) is 0 Å². The highest BCUT2D eigenvalue weighted by Gasteiger charge is 2.15. The molecule has 1 aromatic carbocycles. The van der Waals surface area contributed by atoms with E-state index in [1.807, 2.05) is 6.92 Å². The first kappa shape index (κ1) is 15.8. The number of carboxylic acid groups (broad SMARTS) is 1. The molecule has 0 saturated carbocycles. The molecule has 1 amide bonds. The summed E-state index contributed by atoms with van der Waals surface area (Å²) in [4.78, 5) is 22.6. The van der Waals surface area contributed by atoms with Crippen LogP contribution >= 0.6 is 0 Å². The van der Waals surface area contributed by atoms with Gasteiger partial charge in [-0.25, -0.2) is 0 Å². The Labute approximate surface area is 118 Å². The van der Waals surface area contributed by atoms with Crippen molar-refractivity contribution in [3.63, 3.8) is 0 Å². The molecule has 108 valence electrons. The van der Waals surface area contributed by atoms with E-state index in [2.05, 4.69) is 11.9 Å². The SMILES string of the molecule is C=CCOc1ccc(C(=O)NC(CC)CC(=O)O)cc1. The van der Waals surface area contributed by atoms with E-state index in [0.717, 1.165) is 0 Å². The molecule has 0 aromatic heterocycles. The highest BCUT2D eigenvalue weighted by molar-refractivity contribution is 5.94. The van der Waals surface area contributed by atoms with Crippen LogP contribution in [-0.2, 0) is 4.79 Å². The normalized spacial score (nSPS) is 11.4. The zero-order valence-corrected chi connectivity index (χ0v) is 11.5. The molecule has 0 spiro atoms. The molecule has 0 bridgehead atoms. The largest absolute Gasteiger partial charge is 0.490 e. The summed E-state index contributed by atoms with van der Waals surface area (Å²) in [6.07, 6.45) is 2.12. The molecule has 5 heteroatoms. The number of rotatable bonds is 8. The maximum Gasteiger partial charge on any atom is 0.305 e. The summed E-state index contributed by atoms with van der Waals surface area (Å²) in [5, 5.41) is 11.4. The van der Waals surface area contributed by atoms with Crippen LogP contribution in [-0.4, -0.2) is 29.6 Å². The van der Waals surface area contributed by atoms with E-state index in [-0.39, 0.29) is 18.4 Å². The van der Waals surface area contributed by atoms with Gasteiger partial charge in [0, 0.05) is 11.6 Å². The Morgan fingerprint density at radius 2 is 2.05 bits per heavy atom. The molecule has 0 aliphatic rings. The van der Waals surface area contributed by atoms with Crippen molar-refractivity contribution in [3.8, 4) is 5.75 Å². The Morgan fingerprint density at radius 1 is 1.40 bits per heavy atom. The lowest BCUT2D eigenvalue weighted by Crippen LogP contribution is -2.35. The number of amides is 1. The predicted octanol–water partition coefficient (Wildman–Crippen LogP) is 2.23. The fourth-order valence-electron chi connectivity index (χ4n) is 1.63. The van der Waals surface area contributed by atoms with Gasteiger partial charge in [-0.1, -0.05) is 19.6 Å². The van der Waals surface area contributed by atoms with Gasteiger partial charge < -0.3 is 15.2 Å². The van der Waals surface area contributed by atoms with Crippen molar-refractivity contribution in [1.29, 1.82) is 0 Å². The number of nitrogens with one attached hydrogen (secondary N) is 1. The van der Waals surface area contributed by atoms with Crippen LogP contribution in [0.2, 0.25) is 0 Å². The molecule has 5 nitrogen and oxygen atoms in total. The summed E-state index contributed by atoms with van der Waals surface area (Å²) >= 11 is 0. The molecular formula is C15H19NO4. The Morgan fingerprint density at radius 3 is 2.55 bits per heavy atom. The topological polar surface area (TPSA) is 75.6 Å². The molecule has 2 N–H and O–H groups in total. The van der Waals surface area contributed by atoms with Crippen LogP contribution in [0.1, 0.15) is 30.1 Å². The van der Waals surface area contributed by atoms with Gasteiger partial charge in [0.05, 0.1) is 6.42 Å². The Kier molecular flexibility index (Phi) is 6.29. The lowest BCUT2D eigenvalue weighted by atomic mass is 10.1. The van der Waals surface area contributed by atoms with E-state index in [9.17, 15) is 9.59 Å². The minimum atomic E-state index is -0.926. The van der Waals surface area contributed by atoms with Crippen LogP contribution in [0.3, 0.4) is 0 Å². The summed E-state index contributed by atoms with van der Waals surface area (Å²) in [6, 6.07) is 6.30. The number of hydrogen-bond acceptors (Lipinski definition) is 3. The van der Waals surface area contributed by atoms with Crippen LogP contribution in [0.15, 0.2) is 36.9 Å². The fourth-order valence-corrected chi connectivity index (χ4v) is 1.63. The van der Waals surface area contributed by atoms with E-state index in [0.29, 0.717) is 24.3 Å². The third-order valence-corrected chi connectivity index (χ3v) is 2.73. The predicted molar refractivity (Wildman–Crippen MR) is 75.9 cm³/mol. The maximum absolute atomic E-state index is 12.0. The maximum atomic E-state index is 12.0. The number of carbonyl (C=O) groups excluding carboxylic acids is 1. The molecule has 0 aliphatic heterocycles. The van der Waals surface area contributed by atoms with E-state index in [4.69, 9.17) is 9.84 Å². The monoisotopic (exact) mass is 277 g/mol. The number of hydrogen-bond donors (Lipinski definition) is 2. The van der Waals surface area contributed by atoms with E-state index < -0.39 is 5.97 Å². The molecule has 0 radical (unpaired) electrons. The summed E-state index contributed by atoms with van der Waals surface area (Å²) in [5.41, 5.74) is 0.472. The lowest BCUT2D eigenvalue weighted by Gasteiger charge is -2.14. The van der Waals surface area contributed by atoms with Gasteiger partial charge in [-0.2, -0.15) is 0 Å². The molecule has 0 fully saturated rings. The van der Waals surface area contributed by atoms with Crippen LogP contribution in [0, 0.1) is 0 Å². The summed E-state index contributed by atoms with van der Waals surface area (Å²) in [7, 11) is 0. The molecule has 1 rings (SSSR count). The van der Waals surface area contributed by atoms with Gasteiger partial charge in [0.1, 0.15) is 12.4 Å². The van der Waals surface area contributed by atoms with Gasteiger partial charge in [0.2, 0.25) is 0 Å². The first-order valence-corrected chi connectivity index (χ1v) is 6.43. The lowest BCUT2D eigenvalue weighted by molar-refractivity contribution is -0.137. The first-order chi connectivity index (χ1) is 9.56. The molecule has 1 atom stereocenters. The van der Waals surface area contributed by atoms with Crippen molar-refractivity contribution in [2.75, 3.05) is 6.61 Å². The quantitative estimate of drug-likeness (QED) is 0.714. The Bertz CT molecular complexity index is 467. The van der Waals surface area contributed by atoms with E-state index in [1.54, 1.807) is 30.3 Å². The van der Waals surface area contributed by atoms with Crippen molar-refractivity contribution in [3.05, 3.63) is 42.5 Å². The molecule has 0 aliphatic carbocycles. The third-order valence-electron chi connectivity index (χ3n) is 2.73. The van der Waals surface area contributed by atoms with Gasteiger partial charge >= 0.3 is 5.97 Å². The van der Waals surface area contributed by atoms with Crippen molar-refractivity contribution >= 4 is 11.9 Å². The second kappa shape index (κ2) is 7.99. The first-order valence-electron chi connectivity index (χ1n) is 6.43. The Balaban J connectivity index is 2.62. The van der Waals surface area contributed by atoms with Crippen LogP contribution in [0.4, 0.5) is 0 Å². The van der Waals surface area contributed by atoms with Gasteiger partial charge in [-0.3, -0.25) is 9.59 Å². The molecule has 1 unspecified atom stereocenters. The van der Waals surface area contributed by atoms with Gasteiger partial charge in [-0.15, -0.1) is 0 Å². The van der Waals surface area contributed by atoms with Crippen LogP contribution in [0.5, 0.6) is 5.75 Å². The molecule has 1 aromatic rings. The highest BCUT2D eigenvalue weighted by atomic mass is 16.5. The van der Waals surface area contributed by atoms with Crippen molar-refractivity contribution < 1.29 is 19.4 Å². The Hall–Kier alpha value is -2.30. The zero-order chi connectivity index (χ0) is 15.0. The summed E-state index contributed by atoms with van der Waals surface area (Å²) in [6.45, 7) is 5.79. The van der Waals surface area contributed by atoms with Gasteiger partial charge in [0.25, 0.3) is 5.91 Å². The second-order valence-electron chi connectivity index (χ2n) is 4.30. The standard InChI is InChI=1S/C15H19NO4/c1-3-9-20-13-7-5-11(6-8-13)15(19)16-12(4-2)10-14(17)18/h3,5-8,12H,1,4,9-10H2,2H3,(H,16,19)(H,17,18). The van der Waals surface area contributed by atoms with Gasteiger partial charge in [0.15, 0.2) is 0 Å². The van der Waals surface area contributed by atoms with Crippen LogP contribution < -0.4 is 10.1 Å². The van der Waals surface area contributed by atoms with Crippen molar-refractivity contribution in [1.82, 2.24) is 5.32 Å². The number of benzene rings is 1. The second-order valence-corrected chi connectivity index (χ2v) is 4.30. The molecule has 20 heavy (non-hydrogen) atoms. The fraction of sp³-hybridized carbons (Fsp3) is 0.333.